The van der Waals surface area contributed by atoms with Crippen LogP contribution in [0.2, 0.25) is 5.02 Å². The molecule has 0 saturated carbocycles. The summed E-state index contributed by atoms with van der Waals surface area (Å²) in [6.07, 6.45) is 1.68. The van der Waals surface area contributed by atoms with Crippen LogP contribution in [0.3, 0.4) is 0 Å². The first-order valence-corrected chi connectivity index (χ1v) is 6.99. The van der Waals surface area contributed by atoms with E-state index in [1.807, 2.05) is 18.2 Å². The molecule has 18 heavy (non-hydrogen) atoms. The van der Waals surface area contributed by atoms with E-state index in [2.05, 4.69) is 52.5 Å². The van der Waals surface area contributed by atoms with Gasteiger partial charge in [-0.15, -0.1) is 0 Å². The molecule has 4 nitrogen and oxygen atoms in total. The van der Waals surface area contributed by atoms with E-state index in [9.17, 15) is 0 Å². The lowest BCUT2D eigenvalue weighted by atomic mass is 10.3. The lowest BCUT2D eigenvalue weighted by Gasteiger charge is -2.11. The number of nitrogens with zero attached hydrogens (tertiary/aromatic N) is 2. The van der Waals surface area contributed by atoms with Crippen LogP contribution in [0, 0.1) is 0 Å². The first-order valence-electron chi connectivity index (χ1n) is 5.03. The van der Waals surface area contributed by atoms with Crippen LogP contribution in [-0.2, 0) is 0 Å². The van der Waals surface area contributed by atoms with E-state index in [0.29, 0.717) is 16.8 Å². The topological polar surface area (TPSA) is 49.8 Å². The van der Waals surface area contributed by atoms with Gasteiger partial charge in [-0.3, -0.25) is 0 Å². The molecule has 2 rings (SSSR count). The molecule has 0 fully saturated rings. The molecule has 2 N–H and O–H groups in total. The van der Waals surface area contributed by atoms with E-state index in [0.717, 1.165) is 14.6 Å². The van der Waals surface area contributed by atoms with Crippen molar-refractivity contribution in [2.75, 3.05) is 17.7 Å². The Hall–Kier alpha value is -0.850. The molecule has 0 saturated heterocycles. The van der Waals surface area contributed by atoms with Crippen molar-refractivity contribution in [2.45, 2.75) is 0 Å². The number of benzene rings is 1. The molecule has 2 aromatic rings. The summed E-state index contributed by atoms with van der Waals surface area (Å²) in [5, 5.41) is 6.71. The Morgan fingerprint density at radius 2 is 2.06 bits per heavy atom. The number of halogens is 3. The highest BCUT2D eigenvalue weighted by Gasteiger charge is 2.08. The van der Waals surface area contributed by atoms with Crippen LogP contribution in [0.1, 0.15) is 0 Å². The molecule has 0 atom stereocenters. The van der Waals surface area contributed by atoms with Crippen molar-refractivity contribution in [3.8, 4) is 0 Å². The largest absolute Gasteiger partial charge is 0.357 e. The van der Waals surface area contributed by atoms with Crippen LogP contribution in [0.25, 0.3) is 0 Å². The monoisotopic (exact) mass is 390 g/mol. The summed E-state index contributed by atoms with van der Waals surface area (Å²) in [6.45, 7) is 0. The zero-order chi connectivity index (χ0) is 13.1. The molecule has 0 aliphatic heterocycles. The fourth-order valence-corrected chi connectivity index (χ4v) is 2.13. The highest BCUT2D eigenvalue weighted by Crippen LogP contribution is 2.33. The lowest BCUT2D eigenvalue weighted by molar-refractivity contribution is 1.14. The number of rotatable bonds is 3. The second-order valence-electron chi connectivity index (χ2n) is 3.37. The van der Waals surface area contributed by atoms with Gasteiger partial charge in [0.2, 0.25) is 5.95 Å². The van der Waals surface area contributed by atoms with Gasteiger partial charge in [-0.2, -0.15) is 4.98 Å². The normalized spacial score (nSPS) is 10.2. The first kappa shape index (κ1) is 13.6. The highest BCUT2D eigenvalue weighted by molar-refractivity contribution is 9.11. The third kappa shape index (κ3) is 2.93. The van der Waals surface area contributed by atoms with Gasteiger partial charge in [0.25, 0.3) is 0 Å². The Bertz CT molecular complexity index is 577. The molecule has 0 radical (unpaired) electrons. The van der Waals surface area contributed by atoms with Gasteiger partial charge in [-0.25, -0.2) is 4.98 Å². The average Bonchev–Trinajstić information content (AvgIpc) is 2.37. The first-order chi connectivity index (χ1) is 8.61. The average molecular weight is 392 g/mol. The van der Waals surface area contributed by atoms with E-state index in [1.54, 1.807) is 13.2 Å². The van der Waals surface area contributed by atoms with Gasteiger partial charge in [0.05, 0.1) is 19.7 Å². The van der Waals surface area contributed by atoms with Gasteiger partial charge in [-0.05, 0) is 44.0 Å². The summed E-state index contributed by atoms with van der Waals surface area (Å²) < 4.78 is 1.57. The van der Waals surface area contributed by atoms with Gasteiger partial charge >= 0.3 is 0 Å². The molecule has 7 heteroatoms. The second kappa shape index (κ2) is 5.86. The maximum atomic E-state index is 6.03. The van der Waals surface area contributed by atoms with E-state index in [1.165, 1.54) is 0 Å². The number of aromatic nitrogens is 2. The minimum absolute atomic E-state index is 0.541. The second-order valence-corrected chi connectivity index (χ2v) is 5.42. The summed E-state index contributed by atoms with van der Waals surface area (Å²) in [5.41, 5.74) is 0.837. The third-order valence-corrected chi connectivity index (χ3v) is 4.15. The minimum atomic E-state index is 0.541. The number of anilines is 3. The van der Waals surface area contributed by atoms with Gasteiger partial charge in [0, 0.05) is 13.2 Å². The van der Waals surface area contributed by atoms with E-state index in [4.69, 9.17) is 11.6 Å². The molecular formula is C11H9Br2ClN4. The third-order valence-electron chi connectivity index (χ3n) is 2.17. The number of hydrogen-bond acceptors (Lipinski definition) is 4. The Kier molecular flexibility index (Phi) is 4.42. The van der Waals surface area contributed by atoms with E-state index >= 15 is 0 Å². The van der Waals surface area contributed by atoms with Crippen LogP contribution in [0.4, 0.5) is 17.5 Å². The highest BCUT2D eigenvalue weighted by atomic mass is 79.9. The van der Waals surface area contributed by atoms with Crippen LogP contribution < -0.4 is 10.6 Å². The molecule has 1 aromatic heterocycles. The Morgan fingerprint density at radius 3 is 2.78 bits per heavy atom. The summed E-state index contributed by atoms with van der Waals surface area (Å²) in [6, 6.07) is 5.58. The Morgan fingerprint density at radius 1 is 1.28 bits per heavy atom. The van der Waals surface area contributed by atoms with Gasteiger partial charge in [0.1, 0.15) is 5.82 Å². The van der Waals surface area contributed by atoms with Crippen molar-refractivity contribution in [3.63, 3.8) is 0 Å². The molecule has 0 bridgehead atoms. The van der Waals surface area contributed by atoms with Crippen molar-refractivity contribution < 1.29 is 0 Å². The SMILES string of the molecule is CNc1ncc(Br)c(Nc2cccc(Cl)c2Br)n1. The molecule has 94 valence electrons. The molecule has 1 heterocycles. The molecular weight excluding hydrogens is 383 g/mol. The van der Waals surface area contributed by atoms with Crippen molar-refractivity contribution in [1.29, 1.82) is 0 Å². The summed E-state index contributed by atoms with van der Waals surface area (Å²) in [7, 11) is 1.77. The zero-order valence-electron chi connectivity index (χ0n) is 9.34. The maximum Gasteiger partial charge on any atom is 0.224 e. The molecule has 0 aliphatic rings. The molecule has 0 amide bonds. The van der Waals surface area contributed by atoms with Gasteiger partial charge < -0.3 is 10.6 Å². The van der Waals surface area contributed by atoms with E-state index < -0.39 is 0 Å². The summed E-state index contributed by atoms with van der Waals surface area (Å²) in [4.78, 5) is 8.40. The van der Waals surface area contributed by atoms with Gasteiger partial charge in [-0.1, -0.05) is 17.7 Å². The minimum Gasteiger partial charge on any atom is -0.357 e. The standard InChI is InChI=1S/C11H9Br2ClN4/c1-15-11-16-5-6(12)10(18-11)17-8-4-2-3-7(14)9(8)13/h2-5H,1H3,(H2,15,16,17,18). The molecule has 1 aromatic carbocycles. The van der Waals surface area contributed by atoms with Crippen molar-refractivity contribution in [1.82, 2.24) is 9.97 Å². The molecule has 0 unspecified atom stereocenters. The van der Waals surface area contributed by atoms with Gasteiger partial charge in [0.15, 0.2) is 0 Å². The van der Waals surface area contributed by atoms with Crippen molar-refractivity contribution in [3.05, 3.63) is 38.4 Å². The lowest BCUT2D eigenvalue weighted by Crippen LogP contribution is -2.01. The van der Waals surface area contributed by atoms with Crippen molar-refractivity contribution in [2.24, 2.45) is 0 Å². The predicted octanol–water partition coefficient (Wildman–Crippen LogP) is 4.44. The number of nitrogens with one attached hydrogen (secondary N) is 2. The summed E-state index contributed by atoms with van der Waals surface area (Å²) in [5.74, 6) is 1.20. The number of hydrogen-bond donors (Lipinski definition) is 2. The fraction of sp³-hybridized carbons (Fsp3) is 0.0909. The fourth-order valence-electron chi connectivity index (χ4n) is 1.30. The zero-order valence-corrected chi connectivity index (χ0v) is 13.3. The van der Waals surface area contributed by atoms with Crippen molar-refractivity contribution >= 4 is 60.9 Å². The Labute approximate surface area is 126 Å². The Balaban J connectivity index is 2.36. The molecule has 0 spiro atoms. The smallest absolute Gasteiger partial charge is 0.224 e. The predicted molar refractivity (Wildman–Crippen MR) is 81.7 cm³/mol. The van der Waals surface area contributed by atoms with Crippen LogP contribution in [-0.4, -0.2) is 17.0 Å². The van der Waals surface area contributed by atoms with Crippen LogP contribution >= 0.6 is 43.5 Å². The van der Waals surface area contributed by atoms with Crippen LogP contribution in [0.5, 0.6) is 0 Å². The van der Waals surface area contributed by atoms with Crippen LogP contribution in [0.15, 0.2) is 33.3 Å². The summed E-state index contributed by atoms with van der Waals surface area (Å²) >= 11 is 12.9. The molecule has 0 aliphatic carbocycles. The maximum absolute atomic E-state index is 6.03. The van der Waals surface area contributed by atoms with E-state index in [-0.39, 0.29) is 0 Å². The quantitative estimate of drug-likeness (QED) is 0.811.